The van der Waals surface area contributed by atoms with Crippen molar-refractivity contribution in [2.24, 2.45) is 5.92 Å². The topological polar surface area (TPSA) is 117 Å². The molecule has 51 heavy (non-hydrogen) atoms. The van der Waals surface area contributed by atoms with Gasteiger partial charge < -0.3 is 19.6 Å². The number of amides is 1. The van der Waals surface area contributed by atoms with Crippen LogP contribution in [0.2, 0.25) is 0 Å². The van der Waals surface area contributed by atoms with E-state index in [0.717, 1.165) is 25.0 Å². The van der Waals surface area contributed by atoms with Crippen LogP contribution in [0.1, 0.15) is 117 Å². The van der Waals surface area contributed by atoms with Crippen LogP contribution < -0.4 is 10.1 Å². The number of esters is 1. The Morgan fingerprint density at radius 1 is 0.941 bits per heavy atom. The molecule has 0 heterocycles. The molecule has 2 rings (SSSR count). The normalized spacial score (nSPS) is 10.8. The lowest BCUT2D eigenvalue weighted by atomic mass is 10.0. The predicted molar refractivity (Wildman–Crippen MR) is 199 cm³/mol. The Morgan fingerprint density at radius 3 is 2.14 bits per heavy atom. The lowest BCUT2D eigenvalue weighted by Gasteiger charge is -2.10. The van der Waals surface area contributed by atoms with Crippen LogP contribution >= 0.6 is 0 Å². The van der Waals surface area contributed by atoms with Crippen molar-refractivity contribution >= 4 is 12.4 Å². The van der Waals surface area contributed by atoms with Gasteiger partial charge in [0.15, 0.2) is 0 Å². The Morgan fingerprint density at radius 2 is 1.59 bits per heavy atom. The average molecular weight is 727 g/mol. The van der Waals surface area contributed by atoms with Gasteiger partial charge in [0.1, 0.15) is 25.5 Å². The maximum absolute atomic E-state index is 12.5. The number of hydrogen-bond donors (Lipinski definition) is 1. The first-order valence-electron chi connectivity index (χ1n) is 17.8. The Kier molecular flexibility index (Phi) is 35.5. The summed E-state index contributed by atoms with van der Waals surface area (Å²) in [4.78, 5) is 35.4. The van der Waals surface area contributed by atoms with Crippen molar-refractivity contribution in [3.63, 3.8) is 0 Å². The molecule has 290 valence electrons. The fourth-order valence-corrected chi connectivity index (χ4v) is 3.87. The van der Waals surface area contributed by atoms with E-state index in [0.29, 0.717) is 36.5 Å². The Bertz CT molecular complexity index is 1210. The number of benzene rings is 2. The first-order chi connectivity index (χ1) is 24.5. The average Bonchev–Trinajstić information content (AvgIpc) is 3.14. The zero-order chi connectivity index (χ0) is 39.3. The molecule has 12 heteroatoms. The summed E-state index contributed by atoms with van der Waals surface area (Å²) in [6, 6.07) is 11.7. The summed E-state index contributed by atoms with van der Waals surface area (Å²) < 4.78 is 47.9. The van der Waals surface area contributed by atoms with Crippen LogP contribution in [0.15, 0.2) is 72.8 Å². The van der Waals surface area contributed by atoms with Crippen LogP contribution in [-0.2, 0) is 38.6 Å². The highest BCUT2D eigenvalue weighted by molar-refractivity contribution is 5.74. The molecule has 1 atom stereocenters. The van der Waals surface area contributed by atoms with E-state index in [1.165, 1.54) is 31.7 Å². The molecule has 0 radical (unpaired) electrons. The molecule has 1 amide bonds. The van der Waals surface area contributed by atoms with Crippen molar-refractivity contribution in [3.8, 4) is 5.75 Å². The summed E-state index contributed by atoms with van der Waals surface area (Å²) in [5.41, 5.74) is 0.588. The number of nitrogens with zero attached hydrogens (tertiary/aromatic N) is 1. The number of carbonyl (C=O) groups excluding carboxylic acids is 2. The van der Waals surface area contributed by atoms with E-state index >= 15 is 0 Å². The number of unbranched alkanes of at least 4 members (excludes halogenated alkanes) is 2. The SMILES string of the molecule is C/C=C\CCCC.CC.CC.CCCC(/C=C/CCOc1cccc(C(F)(F)F)c1)CC.O=CNCC(=O)OCc1cccc(CO[N+](=O)[O-])c1. The zero-order valence-corrected chi connectivity index (χ0v) is 31.8. The first-order valence-corrected chi connectivity index (χ1v) is 17.8. The quantitative estimate of drug-likeness (QED) is 0.0382. The molecule has 1 unspecified atom stereocenters. The van der Waals surface area contributed by atoms with Gasteiger partial charge in [-0.2, -0.15) is 13.2 Å². The second kappa shape index (κ2) is 35.5. The highest BCUT2D eigenvalue weighted by Gasteiger charge is 2.30. The summed E-state index contributed by atoms with van der Waals surface area (Å²) in [5.74, 6) is 0.279. The summed E-state index contributed by atoms with van der Waals surface area (Å²) in [6.07, 6.45) is 12.7. The van der Waals surface area contributed by atoms with E-state index in [2.05, 4.69) is 62.2 Å². The van der Waals surface area contributed by atoms with Crippen molar-refractivity contribution in [1.82, 2.24) is 5.32 Å². The van der Waals surface area contributed by atoms with Crippen LogP contribution in [0.4, 0.5) is 13.2 Å². The van der Waals surface area contributed by atoms with Gasteiger partial charge in [-0.05, 0) is 67.9 Å². The minimum atomic E-state index is -4.33. The van der Waals surface area contributed by atoms with E-state index in [4.69, 9.17) is 9.47 Å². The van der Waals surface area contributed by atoms with Crippen molar-refractivity contribution < 1.29 is 42.2 Å². The van der Waals surface area contributed by atoms with Gasteiger partial charge in [0.25, 0.3) is 5.09 Å². The number of halogens is 3. The number of rotatable bonds is 19. The molecular weight excluding hydrogens is 665 g/mol. The maximum Gasteiger partial charge on any atom is 0.416 e. The fourth-order valence-electron chi connectivity index (χ4n) is 3.87. The Hall–Kier alpha value is -4.35. The molecule has 0 saturated carbocycles. The second-order valence-electron chi connectivity index (χ2n) is 10.2. The van der Waals surface area contributed by atoms with Gasteiger partial charge in [0, 0.05) is 0 Å². The molecule has 0 fully saturated rings. The van der Waals surface area contributed by atoms with Crippen molar-refractivity contribution in [1.29, 1.82) is 0 Å². The van der Waals surface area contributed by atoms with Crippen LogP contribution in [0.3, 0.4) is 0 Å². The van der Waals surface area contributed by atoms with E-state index in [-0.39, 0.29) is 25.5 Å². The van der Waals surface area contributed by atoms with Gasteiger partial charge in [0.05, 0.1) is 12.2 Å². The van der Waals surface area contributed by atoms with Crippen molar-refractivity contribution in [2.45, 2.75) is 120 Å². The van der Waals surface area contributed by atoms with Crippen LogP contribution in [-0.4, -0.2) is 30.6 Å². The lowest BCUT2D eigenvalue weighted by Crippen LogP contribution is -2.23. The monoisotopic (exact) mass is 726 g/mol. The Labute approximate surface area is 303 Å². The van der Waals surface area contributed by atoms with Gasteiger partial charge in [-0.1, -0.05) is 122 Å². The van der Waals surface area contributed by atoms with Gasteiger partial charge >= 0.3 is 12.1 Å². The van der Waals surface area contributed by atoms with E-state index < -0.39 is 22.8 Å². The number of nitrogens with one attached hydrogen (secondary N) is 1. The smallest absolute Gasteiger partial charge is 0.416 e. The summed E-state index contributed by atoms with van der Waals surface area (Å²) in [5, 5.41) is 11.4. The van der Waals surface area contributed by atoms with Gasteiger partial charge in [-0.3, -0.25) is 9.59 Å². The number of alkyl halides is 3. The summed E-state index contributed by atoms with van der Waals surface area (Å²) in [7, 11) is 0. The van der Waals surface area contributed by atoms with Crippen LogP contribution in [0, 0.1) is 16.0 Å². The van der Waals surface area contributed by atoms with E-state index in [1.807, 2.05) is 27.7 Å². The molecule has 2 aromatic rings. The molecule has 0 bridgehead atoms. The highest BCUT2D eigenvalue weighted by Crippen LogP contribution is 2.31. The highest BCUT2D eigenvalue weighted by atomic mass is 19.4. The molecule has 0 aliphatic carbocycles. The third kappa shape index (κ3) is 31.4. The molecular formula is C39H61F3N2O7. The molecule has 2 aromatic carbocycles. The van der Waals surface area contributed by atoms with Gasteiger partial charge in [0.2, 0.25) is 6.41 Å². The molecule has 0 aliphatic heterocycles. The minimum Gasteiger partial charge on any atom is -0.493 e. The minimum absolute atomic E-state index is 0.0195. The number of ether oxygens (including phenoxy) is 2. The first kappa shape index (κ1) is 51.0. The Balaban J connectivity index is -0.000000706. The lowest BCUT2D eigenvalue weighted by molar-refractivity contribution is -0.763. The largest absolute Gasteiger partial charge is 0.493 e. The van der Waals surface area contributed by atoms with Gasteiger partial charge in [-0.25, -0.2) is 0 Å². The summed E-state index contributed by atoms with van der Waals surface area (Å²) in [6.45, 7) is 16.6. The van der Waals surface area contributed by atoms with E-state index in [1.54, 1.807) is 30.3 Å². The number of allylic oxidation sites excluding steroid dienone is 3. The zero-order valence-electron chi connectivity index (χ0n) is 31.8. The maximum atomic E-state index is 12.5. The summed E-state index contributed by atoms with van der Waals surface area (Å²) >= 11 is 0. The molecule has 9 nitrogen and oxygen atoms in total. The van der Waals surface area contributed by atoms with Crippen LogP contribution in [0.5, 0.6) is 5.75 Å². The molecule has 0 saturated heterocycles. The second-order valence-corrected chi connectivity index (χ2v) is 10.2. The molecule has 1 N–H and O–H groups in total. The third-order valence-corrected chi connectivity index (χ3v) is 6.32. The molecule has 0 aromatic heterocycles. The van der Waals surface area contributed by atoms with E-state index in [9.17, 15) is 32.9 Å². The predicted octanol–water partition coefficient (Wildman–Crippen LogP) is 10.8. The van der Waals surface area contributed by atoms with Crippen molar-refractivity contribution in [2.75, 3.05) is 13.2 Å². The van der Waals surface area contributed by atoms with Gasteiger partial charge in [-0.15, -0.1) is 10.1 Å². The van der Waals surface area contributed by atoms with Crippen molar-refractivity contribution in [3.05, 3.63) is 99.6 Å². The molecule has 0 aliphatic rings. The van der Waals surface area contributed by atoms with Crippen LogP contribution in [0.25, 0.3) is 0 Å². The molecule has 0 spiro atoms. The number of carbonyl (C=O) groups is 2. The fraction of sp³-hybridized carbons (Fsp3) is 0.538. The third-order valence-electron chi connectivity index (χ3n) is 6.32. The number of hydrogen-bond acceptors (Lipinski definition) is 7. The standard InChI is InChI=1S/C17H23F3O.C11H12N2O6.C7H14.2C2H6/c1-3-8-14(4-2)9-5-6-12-21-16-11-7-10-15(13-16)17(18,19)20;14-8-12-5-11(15)18-6-9-2-1-3-10(4-9)7-19-13(16)17;1-3-5-7-6-4-2;2*1-2/h5,7,9-11,13-14H,3-4,6,8,12H2,1-2H3;1-4,8H,5-7H2,(H,12,14);3,5H,4,6-7H2,1-2H3;2*1-2H3/b9-5+;;5-3-;;.